The second-order valence-electron chi connectivity index (χ2n) is 2.64. The molecule has 0 N–H and O–H groups in total. The molecule has 0 saturated heterocycles. The standard InChI is InChI=1S/C10H6F2NO/c11-9-4-3-8(7-10(9)12)14-13-5-1-2-6-13/h1,3-7H. The Bertz CT molecular complexity index is 426. The summed E-state index contributed by atoms with van der Waals surface area (Å²) in [5.74, 6) is -1.59. The Balaban J connectivity index is 2.22. The van der Waals surface area contributed by atoms with E-state index in [4.69, 9.17) is 4.84 Å². The fourth-order valence-corrected chi connectivity index (χ4v) is 0.988. The Labute approximate surface area is 79.3 Å². The summed E-state index contributed by atoms with van der Waals surface area (Å²) < 4.78 is 26.6. The highest BCUT2D eigenvalue weighted by atomic mass is 19.2. The molecule has 0 bridgehead atoms. The Morgan fingerprint density at radius 1 is 1.21 bits per heavy atom. The maximum Gasteiger partial charge on any atom is 0.162 e. The molecule has 2 aromatic rings. The van der Waals surface area contributed by atoms with Gasteiger partial charge in [0.25, 0.3) is 0 Å². The zero-order chi connectivity index (χ0) is 9.97. The molecule has 1 radical (unpaired) electrons. The molecule has 1 aromatic heterocycles. The van der Waals surface area contributed by atoms with Crippen molar-refractivity contribution in [2.45, 2.75) is 0 Å². The average Bonchev–Trinajstić information content (AvgIpc) is 2.64. The lowest BCUT2D eigenvalue weighted by Gasteiger charge is -2.05. The summed E-state index contributed by atoms with van der Waals surface area (Å²) in [6.45, 7) is 0. The minimum atomic E-state index is -0.932. The maximum absolute atomic E-state index is 12.7. The molecule has 0 unspecified atom stereocenters. The van der Waals surface area contributed by atoms with Crippen molar-refractivity contribution in [3.05, 3.63) is 54.4 Å². The fraction of sp³-hybridized carbons (Fsp3) is 0. The SMILES string of the molecule is Fc1ccc(On2c[c]cc2)cc1F. The Morgan fingerprint density at radius 3 is 2.71 bits per heavy atom. The summed E-state index contributed by atoms with van der Waals surface area (Å²) >= 11 is 0. The lowest BCUT2D eigenvalue weighted by molar-refractivity contribution is 0.215. The number of benzene rings is 1. The summed E-state index contributed by atoms with van der Waals surface area (Å²) in [5.41, 5.74) is 0. The van der Waals surface area contributed by atoms with Crippen LogP contribution in [-0.2, 0) is 0 Å². The molecule has 0 fully saturated rings. The smallest absolute Gasteiger partial charge is 0.162 e. The molecule has 0 aliphatic carbocycles. The Hall–Kier alpha value is -1.84. The summed E-state index contributed by atoms with van der Waals surface area (Å²) in [7, 11) is 0. The number of hydrogen-bond donors (Lipinski definition) is 0. The van der Waals surface area contributed by atoms with Crippen molar-refractivity contribution >= 4 is 0 Å². The molecule has 14 heavy (non-hydrogen) atoms. The van der Waals surface area contributed by atoms with Crippen LogP contribution in [0.3, 0.4) is 0 Å². The Kier molecular flexibility index (Phi) is 2.18. The van der Waals surface area contributed by atoms with Gasteiger partial charge in [-0.1, -0.05) is 0 Å². The first kappa shape index (κ1) is 8.74. The predicted octanol–water partition coefficient (Wildman–Crippen LogP) is 2.41. The molecule has 0 spiro atoms. The molecular weight excluding hydrogens is 188 g/mol. The van der Waals surface area contributed by atoms with E-state index in [-0.39, 0.29) is 5.75 Å². The number of rotatable bonds is 2. The first-order valence-corrected chi connectivity index (χ1v) is 3.93. The van der Waals surface area contributed by atoms with E-state index >= 15 is 0 Å². The van der Waals surface area contributed by atoms with Crippen LogP contribution in [-0.4, -0.2) is 4.73 Å². The third kappa shape index (κ3) is 1.74. The third-order valence-corrected chi connectivity index (χ3v) is 1.62. The van der Waals surface area contributed by atoms with Crippen LogP contribution < -0.4 is 4.84 Å². The normalized spacial score (nSPS) is 10.1. The zero-order valence-electron chi connectivity index (χ0n) is 7.08. The van der Waals surface area contributed by atoms with Crippen molar-refractivity contribution in [2.24, 2.45) is 0 Å². The van der Waals surface area contributed by atoms with Crippen LogP contribution in [0.1, 0.15) is 0 Å². The minimum Gasteiger partial charge on any atom is -0.376 e. The van der Waals surface area contributed by atoms with Crippen molar-refractivity contribution in [3.8, 4) is 5.75 Å². The average molecular weight is 194 g/mol. The lowest BCUT2D eigenvalue weighted by atomic mass is 10.3. The van der Waals surface area contributed by atoms with Crippen molar-refractivity contribution in [2.75, 3.05) is 0 Å². The Morgan fingerprint density at radius 2 is 2.07 bits per heavy atom. The van der Waals surface area contributed by atoms with Crippen LogP contribution in [0, 0.1) is 17.7 Å². The van der Waals surface area contributed by atoms with Gasteiger partial charge in [-0.15, -0.1) is 0 Å². The van der Waals surface area contributed by atoms with Gasteiger partial charge in [-0.25, -0.2) is 8.78 Å². The van der Waals surface area contributed by atoms with Gasteiger partial charge in [0, 0.05) is 18.3 Å². The molecule has 4 heteroatoms. The highest BCUT2D eigenvalue weighted by Crippen LogP contribution is 2.15. The second kappa shape index (κ2) is 3.49. The number of hydrogen-bond acceptors (Lipinski definition) is 1. The van der Waals surface area contributed by atoms with E-state index in [1.165, 1.54) is 17.0 Å². The molecule has 2 rings (SSSR count). The van der Waals surface area contributed by atoms with E-state index in [9.17, 15) is 8.78 Å². The van der Waals surface area contributed by atoms with E-state index in [0.717, 1.165) is 12.1 Å². The van der Waals surface area contributed by atoms with E-state index < -0.39 is 11.6 Å². The fourth-order valence-electron chi connectivity index (χ4n) is 0.988. The van der Waals surface area contributed by atoms with E-state index in [0.29, 0.717) is 0 Å². The molecule has 2 nitrogen and oxygen atoms in total. The van der Waals surface area contributed by atoms with Crippen LogP contribution in [0.15, 0.2) is 36.7 Å². The topological polar surface area (TPSA) is 14.2 Å². The largest absolute Gasteiger partial charge is 0.376 e. The van der Waals surface area contributed by atoms with E-state index in [1.54, 1.807) is 12.3 Å². The van der Waals surface area contributed by atoms with Gasteiger partial charge in [0.15, 0.2) is 17.4 Å². The summed E-state index contributed by atoms with van der Waals surface area (Å²) in [6, 6.07) is 7.72. The van der Waals surface area contributed by atoms with Gasteiger partial charge >= 0.3 is 0 Å². The number of nitrogens with zero attached hydrogens (tertiary/aromatic N) is 1. The highest BCUT2D eigenvalue weighted by molar-refractivity contribution is 5.23. The first-order chi connectivity index (χ1) is 6.75. The van der Waals surface area contributed by atoms with E-state index in [1.807, 2.05) is 0 Å². The van der Waals surface area contributed by atoms with Crippen molar-refractivity contribution in [3.63, 3.8) is 0 Å². The van der Waals surface area contributed by atoms with Gasteiger partial charge in [0.1, 0.15) is 0 Å². The molecule has 0 saturated carbocycles. The molecule has 0 atom stereocenters. The van der Waals surface area contributed by atoms with Gasteiger partial charge in [0.2, 0.25) is 0 Å². The summed E-state index contributed by atoms with van der Waals surface area (Å²) in [5, 5.41) is 0. The molecule has 0 aliphatic rings. The van der Waals surface area contributed by atoms with Gasteiger partial charge in [-0.3, -0.25) is 0 Å². The van der Waals surface area contributed by atoms with Crippen molar-refractivity contribution < 1.29 is 13.6 Å². The monoisotopic (exact) mass is 194 g/mol. The number of aromatic nitrogens is 1. The quantitative estimate of drug-likeness (QED) is 0.716. The van der Waals surface area contributed by atoms with Crippen LogP contribution in [0.2, 0.25) is 0 Å². The lowest BCUT2D eigenvalue weighted by Crippen LogP contribution is -2.01. The summed E-state index contributed by atoms with van der Waals surface area (Å²) in [6.07, 6.45) is 3.13. The van der Waals surface area contributed by atoms with E-state index in [2.05, 4.69) is 6.07 Å². The van der Waals surface area contributed by atoms with Crippen LogP contribution >= 0.6 is 0 Å². The van der Waals surface area contributed by atoms with Crippen molar-refractivity contribution in [1.29, 1.82) is 0 Å². The molecular formula is C10H6F2NO. The van der Waals surface area contributed by atoms with Gasteiger partial charge in [-0.05, 0) is 18.2 Å². The van der Waals surface area contributed by atoms with Gasteiger partial charge < -0.3 is 4.84 Å². The second-order valence-corrected chi connectivity index (χ2v) is 2.64. The third-order valence-electron chi connectivity index (χ3n) is 1.62. The van der Waals surface area contributed by atoms with Crippen molar-refractivity contribution in [1.82, 2.24) is 4.73 Å². The summed E-state index contributed by atoms with van der Waals surface area (Å²) in [4.78, 5) is 5.13. The van der Waals surface area contributed by atoms with Crippen LogP contribution in [0.25, 0.3) is 0 Å². The molecule has 0 aliphatic heterocycles. The van der Waals surface area contributed by atoms with Crippen LogP contribution in [0.4, 0.5) is 8.78 Å². The first-order valence-electron chi connectivity index (χ1n) is 3.93. The predicted molar refractivity (Wildman–Crippen MR) is 45.7 cm³/mol. The highest BCUT2D eigenvalue weighted by Gasteiger charge is 2.03. The zero-order valence-corrected chi connectivity index (χ0v) is 7.08. The minimum absolute atomic E-state index is 0.230. The van der Waals surface area contributed by atoms with Crippen LogP contribution in [0.5, 0.6) is 5.75 Å². The molecule has 1 heterocycles. The molecule has 71 valence electrons. The van der Waals surface area contributed by atoms with Gasteiger partial charge in [-0.2, -0.15) is 4.73 Å². The number of halogens is 2. The maximum atomic E-state index is 12.7. The van der Waals surface area contributed by atoms with Gasteiger partial charge in [0.05, 0.1) is 6.20 Å². The molecule has 0 amide bonds. The molecule has 1 aromatic carbocycles.